The van der Waals surface area contributed by atoms with E-state index in [1.165, 1.54) is 6.26 Å². The summed E-state index contributed by atoms with van der Waals surface area (Å²) < 4.78 is 10.0. The van der Waals surface area contributed by atoms with E-state index < -0.39 is 0 Å². The van der Waals surface area contributed by atoms with Gasteiger partial charge in [0.1, 0.15) is 6.26 Å². The Morgan fingerprint density at radius 1 is 1.53 bits per heavy atom. The topological polar surface area (TPSA) is 42.7 Å². The van der Waals surface area contributed by atoms with Crippen molar-refractivity contribution in [1.29, 1.82) is 0 Å². The summed E-state index contributed by atoms with van der Waals surface area (Å²) >= 11 is 0. The predicted molar refractivity (Wildman–Crippen MR) is 63.8 cm³/mol. The van der Waals surface area contributed by atoms with E-state index in [-0.39, 0.29) is 5.91 Å². The molecule has 1 aromatic rings. The van der Waals surface area contributed by atoms with Crippen molar-refractivity contribution in [1.82, 2.24) is 4.90 Å². The molecular formula is C13H19NO3. The summed E-state index contributed by atoms with van der Waals surface area (Å²) in [5, 5.41) is 0. The minimum atomic E-state index is 0.0870. The van der Waals surface area contributed by atoms with Crippen LogP contribution in [0.25, 0.3) is 0 Å². The van der Waals surface area contributed by atoms with Gasteiger partial charge in [-0.05, 0) is 31.2 Å². The lowest BCUT2D eigenvalue weighted by Crippen LogP contribution is -2.38. The number of hydrogen-bond donors (Lipinski definition) is 0. The van der Waals surface area contributed by atoms with Gasteiger partial charge in [0.05, 0.1) is 11.8 Å². The third-order valence-corrected chi connectivity index (χ3v) is 3.40. The monoisotopic (exact) mass is 237 g/mol. The van der Waals surface area contributed by atoms with Crippen molar-refractivity contribution < 1.29 is 13.9 Å². The number of carbonyl (C=O) groups is 1. The Labute approximate surface area is 102 Å². The minimum Gasteiger partial charge on any atom is -0.472 e. The van der Waals surface area contributed by atoms with Crippen LogP contribution >= 0.6 is 0 Å². The molecule has 1 amide bonds. The summed E-state index contributed by atoms with van der Waals surface area (Å²) in [7, 11) is 1.73. The first-order valence-corrected chi connectivity index (χ1v) is 6.11. The Morgan fingerprint density at radius 2 is 2.29 bits per heavy atom. The van der Waals surface area contributed by atoms with Crippen LogP contribution in [-0.2, 0) is 4.74 Å². The normalized spacial score (nSPS) is 17.4. The number of hydrogen-bond acceptors (Lipinski definition) is 3. The van der Waals surface area contributed by atoms with Crippen molar-refractivity contribution in [2.45, 2.75) is 19.3 Å². The molecule has 2 rings (SSSR count). The van der Waals surface area contributed by atoms with E-state index in [1.807, 2.05) is 4.90 Å². The summed E-state index contributed by atoms with van der Waals surface area (Å²) in [5.74, 6) is 0.785. The van der Waals surface area contributed by atoms with E-state index in [9.17, 15) is 4.79 Å². The van der Waals surface area contributed by atoms with Crippen LogP contribution in [0.4, 0.5) is 0 Å². The minimum absolute atomic E-state index is 0.0870. The smallest absolute Gasteiger partial charge is 0.257 e. The molecule has 0 aliphatic carbocycles. The van der Waals surface area contributed by atoms with Gasteiger partial charge in [0.25, 0.3) is 5.91 Å². The molecule has 0 atom stereocenters. The van der Waals surface area contributed by atoms with Crippen molar-refractivity contribution in [2.24, 2.45) is 5.92 Å². The average molecular weight is 237 g/mol. The first-order valence-electron chi connectivity index (χ1n) is 6.11. The summed E-state index contributed by atoms with van der Waals surface area (Å²) in [6.45, 7) is 2.51. The highest BCUT2D eigenvalue weighted by molar-refractivity contribution is 5.93. The molecule has 0 unspecified atom stereocenters. The molecule has 1 aromatic heterocycles. The number of furan rings is 1. The van der Waals surface area contributed by atoms with Crippen LogP contribution in [0.1, 0.15) is 29.6 Å². The molecule has 0 spiro atoms. The van der Waals surface area contributed by atoms with E-state index in [2.05, 4.69) is 0 Å². The van der Waals surface area contributed by atoms with E-state index in [4.69, 9.17) is 9.15 Å². The fraction of sp³-hybridized carbons (Fsp3) is 0.615. The number of ether oxygens (including phenoxy) is 1. The standard InChI is InChI=1S/C13H19NO3/c1-16-8-4-11-2-6-14(7-3-11)13(15)12-5-9-17-10-12/h5,9-11H,2-4,6-8H2,1H3. The first kappa shape index (κ1) is 12.2. The molecule has 1 fully saturated rings. The number of carbonyl (C=O) groups excluding carboxylic acids is 1. The second-order valence-electron chi connectivity index (χ2n) is 4.53. The number of nitrogens with zero attached hydrogens (tertiary/aromatic N) is 1. The van der Waals surface area contributed by atoms with Crippen LogP contribution in [0.5, 0.6) is 0 Å². The van der Waals surface area contributed by atoms with Gasteiger partial charge in [0.2, 0.25) is 0 Å². The second-order valence-corrected chi connectivity index (χ2v) is 4.53. The van der Waals surface area contributed by atoms with Crippen molar-refractivity contribution in [3.8, 4) is 0 Å². The molecule has 2 heterocycles. The fourth-order valence-corrected chi connectivity index (χ4v) is 2.28. The molecule has 4 heteroatoms. The van der Waals surface area contributed by atoms with Crippen molar-refractivity contribution in [2.75, 3.05) is 26.8 Å². The second kappa shape index (κ2) is 5.87. The van der Waals surface area contributed by atoms with E-state index in [0.717, 1.165) is 39.0 Å². The predicted octanol–water partition coefficient (Wildman–Crippen LogP) is 2.17. The lowest BCUT2D eigenvalue weighted by atomic mass is 9.93. The Balaban J connectivity index is 1.81. The zero-order valence-corrected chi connectivity index (χ0v) is 10.2. The molecular weight excluding hydrogens is 218 g/mol. The molecule has 0 aromatic carbocycles. The van der Waals surface area contributed by atoms with Crippen molar-refractivity contribution in [3.63, 3.8) is 0 Å². The molecule has 4 nitrogen and oxygen atoms in total. The highest BCUT2D eigenvalue weighted by Crippen LogP contribution is 2.21. The number of amides is 1. The number of methoxy groups -OCH3 is 1. The average Bonchev–Trinajstić information content (AvgIpc) is 2.90. The zero-order chi connectivity index (χ0) is 12.1. The van der Waals surface area contributed by atoms with Gasteiger partial charge in [0.15, 0.2) is 0 Å². The number of piperidine rings is 1. The van der Waals surface area contributed by atoms with Gasteiger partial charge in [-0.15, -0.1) is 0 Å². The van der Waals surface area contributed by atoms with Crippen LogP contribution in [0, 0.1) is 5.92 Å². The Bertz CT molecular complexity index is 340. The van der Waals surface area contributed by atoms with Gasteiger partial charge in [0, 0.05) is 26.8 Å². The molecule has 0 radical (unpaired) electrons. The molecule has 17 heavy (non-hydrogen) atoms. The Morgan fingerprint density at radius 3 is 2.88 bits per heavy atom. The van der Waals surface area contributed by atoms with Crippen LogP contribution < -0.4 is 0 Å². The van der Waals surface area contributed by atoms with Crippen molar-refractivity contribution in [3.05, 3.63) is 24.2 Å². The summed E-state index contributed by atoms with van der Waals surface area (Å²) in [6, 6.07) is 1.72. The SMILES string of the molecule is COCCC1CCN(C(=O)c2ccoc2)CC1. The van der Waals surface area contributed by atoms with Gasteiger partial charge >= 0.3 is 0 Å². The van der Waals surface area contributed by atoms with E-state index in [1.54, 1.807) is 19.4 Å². The van der Waals surface area contributed by atoms with Crippen molar-refractivity contribution >= 4 is 5.91 Å². The molecule has 1 aliphatic heterocycles. The maximum atomic E-state index is 12.0. The van der Waals surface area contributed by atoms with Crippen LogP contribution in [0.3, 0.4) is 0 Å². The van der Waals surface area contributed by atoms with Crippen LogP contribution in [0.15, 0.2) is 23.0 Å². The van der Waals surface area contributed by atoms with Gasteiger partial charge in [-0.1, -0.05) is 0 Å². The quantitative estimate of drug-likeness (QED) is 0.806. The third kappa shape index (κ3) is 3.09. The highest BCUT2D eigenvalue weighted by atomic mass is 16.5. The lowest BCUT2D eigenvalue weighted by molar-refractivity contribution is 0.0669. The number of likely N-dealkylation sites (tertiary alicyclic amines) is 1. The fourth-order valence-electron chi connectivity index (χ4n) is 2.28. The lowest BCUT2D eigenvalue weighted by Gasteiger charge is -2.31. The molecule has 0 N–H and O–H groups in total. The molecule has 1 saturated heterocycles. The number of rotatable bonds is 4. The Kier molecular flexibility index (Phi) is 4.20. The maximum absolute atomic E-state index is 12.0. The van der Waals surface area contributed by atoms with Gasteiger partial charge < -0.3 is 14.1 Å². The molecule has 0 bridgehead atoms. The molecule has 1 aliphatic rings. The van der Waals surface area contributed by atoms with E-state index in [0.29, 0.717) is 11.5 Å². The van der Waals surface area contributed by atoms with Gasteiger partial charge in [-0.3, -0.25) is 4.79 Å². The van der Waals surface area contributed by atoms with Gasteiger partial charge in [-0.2, -0.15) is 0 Å². The zero-order valence-electron chi connectivity index (χ0n) is 10.2. The van der Waals surface area contributed by atoms with Gasteiger partial charge in [-0.25, -0.2) is 0 Å². The molecule has 0 saturated carbocycles. The summed E-state index contributed by atoms with van der Waals surface area (Å²) in [5.41, 5.74) is 0.653. The van der Waals surface area contributed by atoms with Crippen LogP contribution in [-0.4, -0.2) is 37.6 Å². The summed E-state index contributed by atoms with van der Waals surface area (Å²) in [4.78, 5) is 13.9. The molecule has 94 valence electrons. The third-order valence-electron chi connectivity index (χ3n) is 3.40. The maximum Gasteiger partial charge on any atom is 0.257 e. The largest absolute Gasteiger partial charge is 0.472 e. The first-order chi connectivity index (χ1) is 8.31. The van der Waals surface area contributed by atoms with E-state index >= 15 is 0 Å². The van der Waals surface area contributed by atoms with Crippen LogP contribution in [0.2, 0.25) is 0 Å². The highest BCUT2D eigenvalue weighted by Gasteiger charge is 2.23. The summed E-state index contributed by atoms with van der Waals surface area (Å²) in [6.07, 6.45) is 6.31. The Hall–Kier alpha value is -1.29.